The quantitative estimate of drug-likeness (QED) is 0.864. The summed E-state index contributed by atoms with van der Waals surface area (Å²) in [6.45, 7) is 3.91. The van der Waals surface area contributed by atoms with Gasteiger partial charge in [0.2, 0.25) is 11.8 Å². The second-order valence-electron chi connectivity index (χ2n) is 5.45. The van der Waals surface area contributed by atoms with Gasteiger partial charge in [0.05, 0.1) is 6.54 Å². The van der Waals surface area contributed by atoms with Crippen LogP contribution in [0.15, 0.2) is 24.3 Å². The van der Waals surface area contributed by atoms with Gasteiger partial charge >= 0.3 is 0 Å². The summed E-state index contributed by atoms with van der Waals surface area (Å²) in [6, 6.07) is 6.99. The molecular weight excluding hydrogens is 256 g/mol. The Labute approximate surface area is 117 Å². The molecule has 2 amide bonds. The van der Waals surface area contributed by atoms with Crippen molar-refractivity contribution >= 4 is 11.8 Å². The van der Waals surface area contributed by atoms with Crippen LogP contribution in [0.3, 0.4) is 0 Å². The number of para-hydroxylation sites is 1. The van der Waals surface area contributed by atoms with Crippen molar-refractivity contribution in [1.82, 2.24) is 10.2 Å². The molecule has 0 aliphatic carbocycles. The number of ether oxygens (including phenoxy) is 1. The van der Waals surface area contributed by atoms with Crippen LogP contribution in [-0.4, -0.2) is 41.4 Å². The van der Waals surface area contributed by atoms with Gasteiger partial charge < -0.3 is 15.0 Å². The molecule has 0 radical (unpaired) electrons. The SMILES string of the molecule is CC1NC(=O)C(C)N(CC2Cc3ccccc3O2)C1=O. The molecule has 1 N–H and O–H groups in total. The van der Waals surface area contributed by atoms with E-state index in [2.05, 4.69) is 5.32 Å². The Morgan fingerprint density at radius 1 is 1.30 bits per heavy atom. The van der Waals surface area contributed by atoms with E-state index in [4.69, 9.17) is 4.74 Å². The van der Waals surface area contributed by atoms with E-state index in [0.29, 0.717) is 6.54 Å². The molecule has 2 aliphatic rings. The first-order chi connectivity index (χ1) is 9.56. The Hall–Kier alpha value is -2.04. The fraction of sp³-hybridized carbons (Fsp3) is 0.467. The van der Waals surface area contributed by atoms with Crippen LogP contribution >= 0.6 is 0 Å². The van der Waals surface area contributed by atoms with E-state index in [1.807, 2.05) is 24.3 Å². The number of hydrogen-bond donors (Lipinski definition) is 1. The lowest BCUT2D eigenvalue weighted by atomic mass is 10.1. The van der Waals surface area contributed by atoms with Gasteiger partial charge in [-0.15, -0.1) is 0 Å². The summed E-state index contributed by atoms with van der Waals surface area (Å²) < 4.78 is 5.85. The molecular formula is C15H18N2O3. The molecule has 106 valence electrons. The zero-order chi connectivity index (χ0) is 14.3. The Morgan fingerprint density at radius 2 is 2.05 bits per heavy atom. The van der Waals surface area contributed by atoms with Gasteiger partial charge in [0.25, 0.3) is 0 Å². The molecule has 0 aromatic heterocycles. The van der Waals surface area contributed by atoms with Gasteiger partial charge in [-0.1, -0.05) is 18.2 Å². The first-order valence-electron chi connectivity index (χ1n) is 6.91. The lowest BCUT2D eigenvalue weighted by Crippen LogP contribution is -2.62. The van der Waals surface area contributed by atoms with Gasteiger partial charge in [0, 0.05) is 6.42 Å². The Morgan fingerprint density at radius 3 is 2.80 bits per heavy atom. The van der Waals surface area contributed by atoms with Crippen molar-refractivity contribution in [1.29, 1.82) is 0 Å². The largest absolute Gasteiger partial charge is 0.488 e. The standard InChI is InChI=1S/C15H18N2O3/c1-9-15(19)17(10(2)14(18)16-9)8-12-7-11-5-3-4-6-13(11)20-12/h3-6,9-10,12H,7-8H2,1-2H3,(H,16,18). The molecule has 20 heavy (non-hydrogen) atoms. The van der Waals surface area contributed by atoms with E-state index < -0.39 is 12.1 Å². The summed E-state index contributed by atoms with van der Waals surface area (Å²) in [5.41, 5.74) is 1.16. The third-order valence-electron chi connectivity index (χ3n) is 3.97. The third kappa shape index (κ3) is 2.13. The Bertz CT molecular complexity index is 533. The van der Waals surface area contributed by atoms with Crippen LogP contribution in [0.2, 0.25) is 0 Å². The van der Waals surface area contributed by atoms with Crippen molar-refractivity contribution in [3.05, 3.63) is 29.8 Å². The van der Waals surface area contributed by atoms with Crippen LogP contribution in [0.1, 0.15) is 19.4 Å². The lowest BCUT2D eigenvalue weighted by molar-refractivity contribution is -0.149. The average molecular weight is 274 g/mol. The number of carbonyl (C=O) groups excluding carboxylic acids is 2. The molecule has 3 unspecified atom stereocenters. The molecule has 0 bridgehead atoms. The van der Waals surface area contributed by atoms with Gasteiger partial charge in [0.15, 0.2) is 0 Å². The predicted octanol–water partition coefficient (Wildman–Crippen LogP) is 0.725. The van der Waals surface area contributed by atoms with E-state index in [-0.39, 0.29) is 17.9 Å². The molecule has 2 heterocycles. The van der Waals surface area contributed by atoms with E-state index >= 15 is 0 Å². The van der Waals surface area contributed by atoms with Crippen molar-refractivity contribution in [2.24, 2.45) is 0 Å². The van der Waals surface area contributed by atoms with Gasteiger partial charge in [-0.25, -0.2) is 0 Å². The van der Waals surface area contributed by atoms with Gasteiger partial charge in [-0.3, -0.25) is 9.59 Å². The number of amides is 2. The van der Waals surface area contributed by atoms with Crippen LogP contribution in [-0.2, 0) is 16.0 Å². The summed E-state index contributed by atoms with van der Waals surface area (Å²) >= 11 is 0. The van der Waals surface area contributed by atoms with Crippen LogP contribution in [0, 0.1) is 0 Å². The smallest absolute Gasteiger partial charge is 0.245 e. The topological polar surface area (TPSA) is 58.6 Å². The maximum atomic E-state index is 12.2. The lowest BCUT2D eigenvalue weighted by Gasteiger charge is -2.37. The first-order valence-corrected chi connectivity index (χ1v) is 6.91. The molecule has 1 aromatic carbocycles. The minimum Gasteiger partial charge on any atom is -0.488 e. The number of carbonyl (C=O) groups is 2. The van der Waals surface area contributed by atoms with Crippen LogP contribution in [0.5, 0.6) is 5.75 Å². The van der Waals surface area contributed by atoms with Crippen molar-refractivity contribution < 1.29 is 14.3 Å². The predicted molar refractivity (Wildman–Crippen MR) is 73.3 cm³/mol. The Kier molecular flexibility index (Phi) is 3.12. The molecule has 1 saturated heterocycles. The van der Waals surface area contributed by atoms with Gasteiger partial charge in [-0.05, 0) is 25.5 Å². The fourth-order valence-corrected chi connectivity index (χ4v) is 2.80. The van der Waals surface area contributed by atoms with E-state index in [1.165, 1.54) is 0 Å². The molecule has 1 aromatic rings. The second kappa shape index (κ2) is 4.81. The molecule has 2 aliphatic heterocycles. The normalized spacial score (nSPS) is 28.9. The molecule has 5 heteroatoms. The molecule has 1 fully saturated rings. The molecule has 3 atom stereocenters. The third-order valence-corrected chi connectivity index (χ3v) is 3.97. The van der Waals surface area contributed by atoms with Crippen LogP contribution < -0.4 is 10.1 Å². The van der Waals surface area contributed by atoms with Crippen molar-refractivity contribution in [3.8, 4) is 5.75 Å². The Balaban J connectivity index is 1.72. The number of rotatable bonds is 2. The molecule has 0 spiro atoms. The number of benzene rings is 1. The van der Waals surface area contributed by atoms with Crippen LogP contribution in [0.4, 0.5) is 0 Å². The van der Waals surface area contributed by atoms with Gasteiger partial charge in [0.1, 0.15) is 23.9 Å². The first kappa shape index (κ1) is 13.0. The molecule has 0 saturated carbocycles. The number of hydrogen-bond acceptors (Lipinski definition) is 3. The number of piperazine rings is 1. The van der Waals surface area contributed by atoms with Crippen LogP contribution in [0.25, 0.3) is 0 Å². The van der Waals surface area contributed by atoms with E-state index in [0.717, 1.165) is 17.7 Å². The maximum absolute atomic E-state index is 12.2. The average Bonchev–Trinajstić information content (AvgIpc) is 2.84. The zero-order valence-corrected chi connectivity index (χ0v) is 11.6. The minimum atomic E-state index is -0.456. The summed E-state index contributed by atoms with van der Waals surface area (Å²) in [7, 11) is 0. The minimum absolute atomic E-state index is 0.0448. The summed E-state index contributed by atoms with van der Waals surface area (Å²) in [6.07, 6.45) is 0.708. The highest BCUT2D eigenvalue weighted by Gasteiger charge is 2.38. The fourth-order valence-electron chi connectivity index (χ4n) is 2.80. The number of fused-ring (bicyclic) bond motifs is 1. The van der Waals surface area contributed by atoms with Gasteiger partial charge in [-0.2, -0.15) is 0 Å². The summed E-state index contributed by atoms with van der Waals surface area (Å²) in [4.78, 5) is 25.6. The second-order valence-corrected chi connectivity index (χ2v) is 5.45. The highest BCUT2D eigenvalue weighted by atomic mass is 16.5. The van der Waals surface area contributed by atoms with Crippen molar-refractivity contribution in [3.63, 3.8) is 0 Å². The van der Waals surface area contributed by atoms with Crippen molar-refractivity contribution in [2.75, 3.05) is 6.54 Å². The summed E-state index contributed by atoms with van der Waals surface area (Å²) in [5.74, 6) is 0.733. The maximum Gasteiger partial charge on any atom is 0.245 e. The number of nitrogens with zero attached hydrogens (tertiary/aromatic N) is 1. The van der Waals surface area contributed by atoms with Crippen molar-refractivity contribution in [2.45, 2.75) is 38.5 Å². The monoisotopic (exact) mass is 274 g/mol. The highest BCUT2D eigenvalue weighted by Crippen LogP contribution is 2.29. The molecule has 3 rings (SSSR count). The van der Waals surface area contributed by atoms with E-state index in [1.54, 1.807) is 18.7 Å². The van der Waals surface area contributed by atoms with E-state index in [9.17, 15) is 9.59 Å². The molecule has 5 nitrogen and oxygen atoms in total. The highest BCUT2D eigenvalue weighted by molar-refractivity contribution is 5.96. The zero-order valence-electron chi connectivity index (χ0n) is 11.6. The summed E-state index contributed by atoms with van der Waals surface area (Å²) in [5, 5.41) is 2.68. The number of nitrogens with one attached hydrogen (secondary N) is 1.